The topological polar surface area (TPSA) is 89.0 Å². The predicted molar refractivity (Wildman–Crippen MR) is 104 cm³/mol. The minimum absolute atomic E-state index is 0. The molecule has 2 fully saturated rings. The minimum atomic E-state index is -2.67. The number of H-pyrrole nitrogens is 1. The van der Waals surface area contributed by atoms with Gasteiger partial charge in [-0.3, -0.25) is 9.59 Å². The molecule has 1 aromatic carbocycles. The van der Waals surface area contributed by atoms with Crippen LogP contribution in [0.4, 0.5) is 8.78 Å². The SMILES string of the molecule is CC.N#Cc1ccc2cc(C(=O)NCC(=O)N3CCC4(C3)CC4(F)F)[nH]c2c1.[HH].[HH]. The second-order valence-corrected chi connectivity index (χ2v) is 7.01. The molecule has 1 aliphatic heterocycles. The molecule has 8 heteroatoms. The van der Waals surface area contributed by atoms with Crippen molar-refractivity contribution in [1.82, 2.24) is 15.2 Å². The number of likely N-dealkylation sites (tertiary alicyclic amines) is 1. The number of alkyl halides is 2. The number of halogens is 2. The molecule has 2 amide bonds. The van der Waals surface area contributed by atoms with Crippen LogP contribution in [-0.2, 0) is 4.79 Å². The first-order valence-corrected chi connectivity index (χ1v) is 9.30. The molecule has 1 atom stereocenters. The summed E-state index contributed by atoms with van der Waals surface area (Å²) in [4.78, 5) is 28.7. The van der Waals surface area contributed by atoms with Crippen molar-refractivity contribution in [2.75, 3.05) is 19.6 Å². The fraction of sp³-hybridized carbons (Fsp3) is 0.450. The first-order valence-electron chi connectivity index (χ1n) is 9.30. The number of hydrogen-bond acceptors (Lipinski definition) is 3. The van der Waals surface area contributed by atoms with Crippen LogP contribution in [0.1, 0.15) is 45.6 Å². The van der Waals surface area contributed by atoms with Crippen LogP contribution in [-0.4, -0.2) is 47.3 Å². The van der Waals surface area contributed by atoms with Crippen LogP contribution >= 0.6 is 0 Å². The molecule has 1 saturated carbocycles. The summed E-state index contributed by atoms with van der Waals surface area (Å²) >= 11 is 0. The maximum Gasteiger partial charge on any atom is 0.268 e. The average Bonchev–Trinajstić information content (AvgIpc) is 3.08. The summed E-state index contributed by atoms with van der Waals surface area (Å²) in [6, 6.07) is 8.67. The Morgan fingerprint density at radius 1 is 1.36 bits per heavy atom. The number of rotatable bonds is 3. The van der Waals surface area contributed by atoms with E-state index in [2.05, 4.69) is 10.3 Å². The molecule has 0 radical (unpaired) electrons. The van der Waals surface area contributed by atoms with Crippen molar-refractivity contribution < 1.29 is 21.2 Å². The molecule has 1 saturated heterocycles. The van der Waals surface area contributed by atoms with Crippen LogP contribution in [0.5, 0.6) is 0 Å². The number of fused-ring (bicyclic) bond motifs is 1. The first kappa shape index (κ1) is 19.8. The fourth-order valence-corrected chi connectivity index (χ4v) is 3.59. The Hall–Kier alpha value is -2.95. The van der Waals surface area contributed by atoms with Crippen LogP contribution < -0.4 is 5.32 Å². The molecule has 2 aromatic rings. The van der Waals surface area contributed by atoms with Gasteiger partial charge in [-0.05, 0) is 24.6 Å². The molecule has 6 nitrogen and oxygen atoms in total. The van der Waals surface area contributed by atoms with E-state index in [-0.39, 0.29) is 34.0 Å². The van der Waals surface area contributed by atoms with Crippen LogP contribution in [0.3, 0.4) is 0 Å². The van der Waals surface area contributed by atoms with E-state index in [0.29, 0.717) is 24.0 Å². The number of carbonyl (C=O) groups excluding carboxylic acids is 2. The average molecular weight is 392 g/mol. The summed E-state index contributed by atoms with van der Waals surface area (Å²) in [6.07, 6.45) is 0.152. The molecule has 0 bridgehead atoms. The van der Waals surface area contributed by atoms with Gasteiger partial charge in [0.15, 0.2) is 0 Å². The molecule has 152 valence electrons. The second-order valence-electron chi connectivity index (χ2n) is 7.01. The summed E-state index contributed by atoms with van der Waals surface area (Å²) in [5.74, 6) is -3.49. The summed E-state index contributed by atoms with van der Waals surface area (Å²) in [6.45, 7) is 4.12. The van der Waals surface area contributed by atoms with Crippen molar-refractivity contribution in [2.45, 2.75) is 32.6 Å². The summed E-state index contributed by atoms with van der Waals surface area (Å²) in [5.41, 5.74) is 0.358. The Kier molecular flexibility index (Phi) is 5.11. The Labute approximate surface area is 164 Å². The third-order valence-corrected chi connectivity index (χ3v) is 5.31. The van der Waals surface area contributed by atoms with Gasteiger partial charge >= 0.3 is 0 Å². The van der Waals surface area contributed by atoms with Crippen LogP contribution in [0, 0.1) is 16.7 Å². The highest BCUT2D eigenvalue weighted by atomic mass is 19.3. The number of benzene rings is 1. The molecule has 1 aromatic heterocycles. The van der Waals surface area contributed by atoms with Crippen LogP contribution in [0.2, 0.25) is 0 Å². The second kappa shape index (κ2) is 7.23. The maximum atomic E-state index is 13.4. The minimum Gasteiger partial charge on any atom is -0.350 e. The predicted octanol–water partition coefficient (Wildman–Crippen LogP) is 3.55. The Bertz CT molecular complexity index is 973. The van der Waals surface area contributed by atoms with E-state index in [1.165, 1.54) is 4.90 Å². The number of hydrogen-bond donors (Lipinski definition) is 2. The number of aromatic amines is 1. The highest BCUT2D eigenvalue weighted by molar-refractivity contribution is 5.99. The van der Waals surface area contributed by atoms with E-state index in [9.17, 15) is 18.4 Å². The van der Waals surface area contributed by atoms with Gasteiger partial charge in [0.1, 0.15) is 5.69 Å². The first-order chi connectivity index (χ1) is 13.3. The van der Waals surface area contributed by atoms with Gasteiger partial charge in [-0.15, -0.1) is 0 Å². The third kappa shape index (κ3) is 3.44. The Balaban J connectivity index is 0.00000109. The summed E-state index contributed by atoms with van der Waals surface area (Å²) in [5, 5.41) is 12.2. The monoisotopic (exact) mass is 392 g/mol. The van der Waals surface area contributed by atoms with Gasteiger partial charge < -0.3 is 15.2 Å². The van der Waals surface area contributed by atoms with Gasteiger partial charge in [-0.2, -0.15) is 5.26 Å². The van der Waals surface area contributed by atoms with E-state index in [1.54, 1.807) is 24.3 Å². The largest absolute Gasteiger partial charge is 0.350 e. The lowest BCUT2D eigenvalue weighted by molar-refractivity contribution is -0.129. The van der Waals surface area contributed by atoms with Crippen molar-refractivity contribution >= 4 is 22.7 Å². The van der Waals surface area contributed by atoms with Crippen LogP contribution in [0.25, 0.3) is 10.9 Å². The molecule has 1 aliphatic carbocycles. The van der Waals surface area contributed by atoms with Gasteiger partial charge in [-0.1, -0.05) is 19.9 Å². The Morgan fingerprint density at radius 2 is 2.07 bits per heavy atom. The van der Waals surface area contributed by atoms with Gasteiger partial charge in [0.2, 0.25) is 5.91 Å². The summed E-state index contributed by atoms with van der Waals surface area (Å²) < 4.78 is 26.8. The smallest absolute Gasteiger partial charge is 0.268 e. The maximum absolute atomic E-state index is 13.4. The zero-order valence-electron chi connectivity index (χ0n) is 15.8. The number of nitriles is 1. The fourth-order valence-electron chi connectivity index (χ4n) is 3.59. The Morgan fingerprint density at radius 3 is 2.68 bits per heavy atom. The number of carbonyl (C=O) groups is 2. The summed E-state index contributed by atoms with van der Waals surface area (Å²) in [7, 11) is 0. The molecule has 2 aliphatic rings. The van der Waals surface area contributed by atoms with Gasteiger partial charge in [0.05, 0.1) is 23.6 Å². The van der Waals surface area contributed by atoms with E-state index >= 15 is 0 Å². The number of aromatic nitrogens is 1. The zero-order chi connectivity index (χ0) is 20.5. The van der Waals surface area contributed by atoms with Crippen LogP contribution in [0.15, 0.2) is 24.3 Å². The molecule has 2 heterocycles. The lowest BCUT2D eigenvalue weighted by atomic mass is 10.1. The number of amides is 2. The molecular weight excluding hydrogens is 366 g/mol. The van der Waals surface area contributed by atoms with Crippen molar-refractivity contribution in [3.8, 4) is 6.07 Å². The molecule has 1 spiro atoms. The molecule has 4 rings (SSSR count). The van der Waals surface area contributed by atoms with E-state index in [4.69, 9.17) is 5.26 Å². The standard InChI is InChI=1S/C18H16F2N4O2.C2H6.2H2/c19-18(20)9-17(18)3-4-24(10-17)15(25)8-22-16(26)14-6-12-2-1-11(7-21)5-13(12)23-14;1-2;;/h1-2,5-6,23H,3-4,8-10H2,(H,22,26);1-2H3;2*1H. The highest BCUT2D eigenvalue weighted by Crippen LogP contribution is 2.64. The molecule has 2 N–H and O–H groups in total. The van der Waals surface area contributed by atoms with Crippen molar-refractivity contribution in [3.05, 3.63) is 35.5 Å². The van der Waals surface area contributed by atoms with Crippen molar-refractivity contribution in [3.63, 3.8) is 0 Å². The molecular formula is C20H26F2N4O2. The number of nitrogens with zero attached hydrogens (tertiary/aromatic N) is 2. The lowest BCUT2D eigenvalue weighted by Gasteiger charge is -2.16. The molecule has 1 unspecified atom stereocenters. The van der Waals surface area contributed by atoms with E-state index in [0.717, 1.165) is 5.39 Å². The van der Waals surface area contributed by atoms with Gasteiger partial charge in [-0.25, -0.2) is 8.78 Å². The normalized spacial score (nSPS) is 21.8. The number of nitrogens with one attached hydrogen (secondary N) is 2. The quantitative estimate of drug-likeness (QED) is 0.837. The van der Waals surface area contributed by atoms with E-state index < -0.39 is 17.2 Å². The third-order valence-electron chi connectivity index (χ3n) is 5.31. The van der Waals surface area contributed by atoms with Gasteiger partial charge in [0, 0.05) is 33.3 Å². The van der Waals surface area contributed by atoms with Gasteiger partial charge in [0.25, 0.3) is 11.8 Å². The molecule has 28 heavy (non-hydrogen) atoms. The highest BCUT2D eigenvalue weighted by Gasteiger charge is 2.72. The zero-order valence-corrected chi connectivity index (χ0v) is 15.8. The lowest BCUT2D eigenvalue weighted by Crippen LogP contribution is -2.39. The van der Waals surface area contributed by atoms with E-state index in [1.807, 2.05) is 19.9 Å². The van der Waals surface area contributed by atoms with Crippen molar-refractivity contribution in [1.29, 1.82) is 5.26 Å². The van der Waals surface area contributed by atoms with Crippen molar-refractivity contribution in [2.24, 2.45) is 5.41 Å².